The quantitative estimate of drug-likeness (QED) is 0.637. The highest BCUT2D eigenvalue weighted by molar-refractivity contribution is 4.94. The van der Waals surface area contributed by atoms with E-state index in [4.69, 9.17) is 5.73 Å². The van der Waals surface area contributed by atoms with Crippen molar-refractivity contribution in [3.05, 3.63) is 0 Å². The molecule has 2 nitrogen and oxygen atoms in total. The minimum atomic E-state index is 0.499. The number of hydrogen-bond acceptors (Lipinski definition) is 2. The van der Waals surface area contributed by atoms with Gasteiger partial charge in [-0.3, -0.25) is 4.90 Å². The van der Waals surface area contributed by atoms with Gasteiger partial charge < -0.3 is 5.73 Å². The molecule has 2 heteroatoms. The zero-order chi connectivity index (χ0) is 8.77. The topological polar surface area (TPSA) is 29.3 Å². The third-order valence-corrected chi connectivity index (χ3v) is 3.37. The Labute approximate surface area is 75.1 Å². The van der Waals surface area contributed by atoms with Gasteiger partial charge in [-0.25, -0.2) is 0 Å². The molecule has 0 aromatic heterocycles. The van der Waals surface area contributed by atoms with E-state index < -0.39 is 0 Å². The summed E-state index contributed by atoms with van der Waals surface area (Å²) in [5.74, 6) is 0. The second-order valence-electron chi connectivity index (χ2n) is 5.27. The van der Waals surface area contributed by atoms with Crippen molar-refractivity contribution in [1.29, 1.82) is 0 Å². The Kier molecular flexibility index (Phi) is 1.92. The molecule has 1 aliphatic heterocycles. The highest BCUT2D eigenvalue weighted by atomic mass is 15.2. The lowest BCUT2D eigenvalue weighted by atomic mass is 9.86. The first-order valence-electron chi connectivity index (χ1n) is 5.06. The van der Waals surface area contributed by atoms with Crippen LogP contribution in [0.15, 0.2) is 0 Å². The molecule has 2 rings (SSSR count). The van der Waals surface area contributed by atoms with E-state index in [1.165, 1.54) is 32.4 Å². The zero-order valence-corrected chi connectivity index (χ0v) is 8.21. The van der Waals surface area contributed by atoms with Gasteiger partial charge >= 0.3 is 0 Å². The van der Waals surface area contributed by atoms with E-state index >= 15 is 0 Å². The average Bonchev–Trinajstić information content (AvgIpc) is 2.23. The first-order chi connectivity index (χ1) is 5.57. The minimum Gasteiger partial charge on any atom is -0.328 e. The fraction of sp³-hybridized carbons (Fsp3) is 1.00. The van der Waals surface area contributed by atoms with Crippen LogP contribution in [0, 0.1) is 5.41 Å². The minimum absolute atomic E-state index is 0.499. The number of nitrogens with zero attached hydrogens (tertiary/aromatic N) is 1. The second-order valence-corrected chi connectivity index (χ2v) is 5.27. The fourth-order valence-corrected chi connectivity index (χ4v) is 2.39. The van der Waals surface area contributed by atoms with Crippen molar-refractivity contribution in [2.24, 2.45) is 11.1 Å². The van der Waals surface area contributed by atoms with Gasteiger partial charge in [-0.2, -0.15) is 0 Å². The molecule has 1 saturated carbocycles. The Morgan fingerprint density at radius 2 is 2.00 bits per heavy atom. The predicted molar refractivity (Wildman–Crippen MR) is 51.0 cm³/mol. The van der Waals surface area contributed by atoms with Crippen molar-refractivity contribution in [3.63, 3.8) is 0 Å². The lowest BCUT2D eigenvalue weighted by molar-refractivity contribution is 0.126. The molecule has 2 fully saturated rings. The van der Waals surface area contributed by atoms with E-state index in [1.807, 2.05) is 0 Å². The molecule has 1 heterocycles. The molecule has 0 amide bonds. The van der Waals surface area contributed by atoms with Crippen molar-refractivity contribution in [2.45, 2.75) is 45.2 Å². The van der Waals surface area contributed by atoms with E-state index in [1.54, 1.807) is 0 Å². The Bertz CT molecular complexity index is 171. The van der Waals surface area contributed by atoms with E-state index in [0.717, 1.165) is 6.04 Å². The molecular formula is C10H20N2. The van der Waals surface area contributed by atoms with Gasteiger partial charge in [0.15, 0.2) is 0 Å². The fourth-order valence-electron chi connectivity index (χ4n) is 2.39. The highest BCUT2D eigenvalue weighted by Crippen LogP contribution is 2.34. The summed E-state index contributed by atoms with van der Waals surface area (Å²) in [4.78, 5) is 2.63. The maximum absolute atomic E-state index is 5.78. The molecule has 0 aromatic carbocycles. The maximum atomic E-state index is 5.78. The Balaban J connectivity index is 1.84. The van der Waals surface area contributed by atoms with Gasteiger partial charge in [0.25, 0.3) is 0 Å². The van der Waals surface area contributed by atoms with Crippen LogP contribution in [0.4, 0.5) is 0 Å². The van der Waals surface area contributed by atoms with E-state index in [2.05, 4.69) is 18.7 Å². The van der Waals surface area contributed by atoms with Gasteiger partial charge in [0, 0.05) is 18.6 Å². The summed E-state index contributed by atoms with van der Waals surface area (Å²) in [6.07, 6.45) is 3.82. The summed E-state index contributed by atoms with van der Waals surface area (Å²) in [5.41, 5.74) is 6.33. The smallest absolute Gasteiger partial charge is 0.0125 e. The second kappa shape index (κ2) is 2.71. The molecule has 0 bridgehead atoms. The molecule has 2 aliphatic rings. The third kappa shape index (κ3) is 1.50. The van der Waals surface area contributed by atoms with Crippen LogP contribution in [0.2, 0.25) is 0 Å². The van der Waals surface area contributed by atoms with Crippen molar-refractivity contribution in [3.8, 4) is 0 Å². The van der Waals surface area contributed by atoms with Gasteiger partial charge in [0.2, 0.25) is 0 Å². The van der Waals surface area contributed by atoms with Crippen LogP contribution < -0.4 is 5.73 Å². The average molecular weight is 168 g/mol. The van der Waals surface area contributed by atoms with Gasteiger partial charge in [-0.1, -0.05) is 13.8 Å². The normalized spacial score (nSPS) is 41.2. The molecule has 0 radical (unpaired) electrons. The molecule has 0 spiro atoms. The van der Waals surface area contributed by atoms with Crippen molar-refractivity contribution < 1.29 is 0 Å². The summed E-state index contributed by atoms with van der Waals surface area (Å²) in [5, 5.41) is 0. The Morgan fingerprint density at radius 3 is 2.42 bits per heavy atom. The molecule has 1 saturated heterocycles. The van der Waals surface area contributed by atoms with E-state index in [0.29, 0.717) is 11.5 Å². The van der Waals surface area contributed by atoms with Crippen molar-refractivity contribution in [1.82, 2.24) is 4.90 Å². The van der Waals surface area contributed by atoms with Gasteiger partial charge in [-0.15, -0.1) is 0 Å². The first-order valence-corrected chi connectivity index (χ1v) is 5.06. The summed E-state index contributed by atoms with van der Waals surface area (Å²) in [6.45, 7) is 7.31. The Hall–Kier alpha value is -0.0800. The van der Waals surface area contributed by atoms with E-state index in [-0.39, 0.29) is 0 Å². The number of nitrogens with two attached hydrogens (primary N) is 1. The summed E-state index contributed by atoms with van der Waals surface area (Å²) in [7, 11) is 0. The van der Waals surface area contributed by atoms with Crippen LogP contribution in [0.25, 0.3) is 0 Å². The van der Waals surface area contributed by atoms with Crippen LogP contribution in [-0.2, 0) is 0 Å². The zero-order valence-electron chi connectivity index (χ0n) is 8.21. The lowest BCUT2D eigenvalue weighted by Crippen LogP contribution is -2.50. The highest BCUT2D eigenvalue weighted by Gasteiger charge is 2.38. The molecule has 0 aromatic rings. The van der Waals surface area contributed by atoms with Gasteiger partial charge in [0.1, 0.15) is 0 Å². The monoisotopic (exact) mass is 168 g/mol. The predicted octanol–water partition coefficient (Wildman–Crippen LogP) is 1.21. The number of rotatable bonds is 1. The number of hydrogen-bond donors (Lipinski definition) is 1. The molecule has 0 atom stereocenters. The Morgan fingerprint density at radius 1 is 1.33 bits per heavy atom. The molecule has 1 aliphatic carbocycles. The van der Waals surface area contributed by atoms with Gasteiger partial charge in [0.05, 0.1) is 0 Å². The van der Waals surface area contributed by atoms with Gasteiger partial charge in [-0.05, 0) is 31.2 Å². The van der Waals surface area contributed by atoms with Crippen molar-refractivity contribution >= 4 is 0 Å². The van der Waals surface area contributed by atoms with Crippen LogP contribution >= 0.6 is 0 Å². The molecule has 70 valence electrons. The summed E-state index contributed by atoms with van der Waals surface area (Å²) >= 11 is 0. The SMILES string of the molecule is CC1(C)CCN(C2CC(N)C2)C1. The van der Waals surface area contributed by atoms with Crippen LogP contribution in [0.1, 0.15) is 33.1 Å². The molecule has 0 unspecified atom stereocenters. The van der Waals surface area contributed by atoms with E-state index in [9.17, 15) is 0 Å². The standard InChI is InChI=1S/C10H20N2/c1-10(2)3-4-12(7-10)9-5-8(11)6-9/h8-9H,3-7,11H2,1-2H3. The first kappa shape index (κ1) is 8.52. The third-order valence-electron chi connectivity index (χ3n) is 3.37. The van der Waals surface area contributed by atoms with Crippen LogP contribution in [-0.4, -0.2) is 30.1 Å². The molecule has 2 N–H and O–H groups in total. The lowest BCUT2D eigenvalue weighted by Gasteiger charge is -2.39. The molecule has 12 heavy (non-hydrogen) atoms. The number of likely N-dealkylation sites (tertiary alicyclic amines) is 1. The van der Waals surface area contributed by atoms with Crippen molar-refractivity contribution in [2.75, 3.05) is 13.1 Å². The molecular weight excluding hydrogens is 148 g/mol. The summed E-state index contributed by atoms with van der Waals surface area (Å²) in [6, 6.07) is 1.32. The largest absolute Gasteiger partial charge is 0.328 e. The van der Waals surface area contributed by atoms with Crippen LogP contribution in [0.5, 0.6) is 0 Å². The van der Waals surface area contributed by atoms with Crippen LogP contribution in [0.3, 0.4) is 0 Å². The maximum Gasteiger partial charge on any atom is 0.0125 e. The summed E-state index contributed by atoms with van der Waals surface area (Å²) < 4.78 is 0.